The van der Waals surface area contributed by atoms with E-state index in [0.29, 0.717) is 5.95 Å². The molecule has 1 aliphatic rings. The third kappa shape index (κ3) is 5.37. The van der Waals surface area contributed by atoms with Crippen LogP contribution in [0.25, 0.3) is 11.3 Å². The minimum Gasteiger partial charge on any atom is -0.376 e. The Bertz CT molecular complexity index is 658. The molecule has 0 aromatic carbocycles. The molecule has 2 aromatic rings. The van der Waals surface area contributed by atoms with Crippen LogP contribution in [0.15, 0.2) is 30.6 Å². The van der Waals surface area contributed by atoms with Gasteiger partial charge >= 0.3 is 0 Å². The van der Waals surface area contributed by atoms with E-state index in [-0.39, 0.29) is 6.10 Å². The number of hydrogen-bond acceptors (Lipinski definition) is 7. The highest BCUT2D eigenvalue weighted by Crippen LogP contribution is 2.21. The van der Waals surface area contributed by atoms with Crippen molar-refractivity contribution >= 4 is 11.8 Å². The van der Waals surface area contributed by atoms with Gasteiger partial charge in [-0.15, -0.1) is 0 Å². The fourth-order valence-electron chi connectivity index (χ4n) is 2.69. The number of likely N-dealkylation sites (N-methyl/N-ethyl adjacent to an activating group) is 1. The topological polar surface area (TPSA) is 75.2 Å². The van der Waals surface area contributed by atoms with E-state index < -0.39 is 0 Å². The van der Waals surface area contributed by atoms with Crippen LogP contribution in [-0.4, -0.2) is 66.3 Å². The van der Waals surface area contributed by atoms with E-state index >= 15 is 0 Å². The van der Waals surface area contributed by atoms with Crippen LogP contribution in [0.5, 0.6) is 0 Å². The highest BCUT2D eigenvalue weighted by Gasteiger charge is 2.15. The summed E-state index contributed by atoms with van der Waals surface area (Å²) in [6.45, 7) is 3.32. The van der Waals surface area contributed by atoms with E-state index in [2.05, 4.69) is 30.5 Å². The van der Waals surface area contributed by atoms with E-state index in [0.717, 1.165) is 56.2 Å². The maximum Gasteiger partial charge on any atom is 0.225 e. The molecule has 134 valence electrons. The lowest BCUT2D eigenvalue weighted by molar-refractivity contribution is 0.120. The van der Waals surface area contributed by atoms with Gasteiger partial charge in [-0.3, -0.25) is 4.98 Å². The summed E-state index contributed by atoms with van der Waals surface area (Å²) in [6, 6.07) is 5.88. The van der Waals surface area contributed by atoms with Crippen LogP contribution >= 0.6 is 0 Å². The van der Waals surface area contributed by atoms with Gasteiger partial charge in [0.2, 0.25) is 5.95 Å². The third-order valence-electron chi connectivity index (χ3n) is 4.06. The number of rotatable bonds is 8. The van der Waals surface area contributed by atoms with E-state index in [4.69, 9.17) is 4.74 Å². The number of hydrogen-bond donors (Lipinski definition) is 2. The van der Waals surface area contributed by atoms with Gasteiger partial charge < -0.3 is 20.3 Å². The van der Waals surface area contributed by atoms with Gasteiger partial charge in [-0.2, -0.15) is 4.98 Å². The van der Waals surface area contributed by atoms with Gasteiger partial charge in [0.1, 0.15) is 5.82 Å². The highest BCUT2D eigenvalue weighted by molar-refractivity contribution is 5.63. The zero-order valence-electron chi connectivity index (χ0n) is 14.9. The first kappa shape index (κ1) is 17.6. The standard InChI is InChI=1S/C18H26N6O/c1-24(2)9-8-20-18-22-16(14-5-3-7-19-12-14)11-17(23-18)21-13-15-6-4-10-25-15/h3,5,7,11-12,15H,4,6,8-10,13H2,1-2H3,(H2,20,21,22,23)/t15-/m1/s1. The minimum atomic E-state index is 0.266. The van der Waals surface area contributed by atoms with Crippen molar-refractivity contribution in [3.8, 4) is 11.3 Å². The van der Waals surface area contributed by atoms with Crippen molar-refractivity contribution < 1.29 is 4.74 Å². The molecular formula is C18H26N6O. The molecule has 3 rings (SSSR count). The van der Waals surface area contributed by atoms with Gasteiger partial charge in [-0.05, 0) is 39.1 Å². The maximum absolute atomic E-state index is 5.67. The summed E-state index contributed by atoms with van der Waals surface area (Å²) in [5.74, 6) is 1.43. The lowest BCUT2D eigenvalue weighted by atomic mass is 10.2. The summed E-state index contributed by atoms with van der Waals surface area (Å²) < 4.78 is 5.67. The molecule has 2 aromatic heterocycles. The van der Waals surface area contributed by atoms with Crippen LogP contribution in [0.1, 0.15) is 12.8 Å². The quantitative estimate of drug-likeness (QED) is 0.761. The summed E-state index contributed by atoms with van der Waals surface area (Å²) in [5.41, 5.74) is 1.83. The smallest absolute Gasteiger partial charge is 0.225 e. The molecule has 25 heavy (non-hydrogen) atoms. The number of nitrogens with zero attached hydrogens (tertiary/aromatic N) is 4. The lowest BCUT2D eigenvalue weighted by Gasteiger charge is -2.15. The Hall–Kier alpha value is -2.25. The average Bonchev–Trinajstić information content (AvgIpc) is 3.14. The maximum atomic E-state index is 5.67. The van der Waals surface area contributed by atoms with Crippen molar-refractivity contribution in [2.24, 2.45) is 0 Å². The molecule has 0 amide bonds. The van der Waals surface area contributed by atoms with Crippen molar-refractivity contribution in [1.82, 2.24) is 19.9 Å². The molecule has 0 bridgehead atoms. The number of nitrogens with one attached hydrogen (secondary N) is 2. The number of anilines is 2. The van der Waals surface area contributed by atoms with Gasteiger partial charge in [-0.25, -0.2) is 4.98 Å². The molecule has 0 radical (unpaired) electrons. The van der Waals surface area contributed by atoms with Crippen molar-refractivity contribution in [1.29, 1.82) is 0 Å². The lowest BCUT2D eigenvalue weighted by Crippen LogP contribution is -2.22. The molecule has 2 N–H and O–H groups in total. The second kappa shape index (κ2) is 8.73. The molecule has 0 saturated carbocycles. The van der Waals surface area contributed by atoms with Gasteiger partial charge in [0.25, 0.3) is 0 Å². The highest BCUT2D eigenvalue weighted by atomic mass is 16.5. The van der Waals surface area contributed by atoms with Gasteiger partial charge in [0.05, 0.1) is 11.8 Å². The molecular weight excluding hydrogens is 316 g/mol. The fraction of sp³-hybridized carbons (Fsp3) is 0.500. The first-order chi connectivity index (χ1) is 12.2. The third-order valence-corrected chi connectivity index (χ3v) is 4.06. The molecule has 7 nitrogen and oxygen atoms in total. The zero-order chi connectivity index (χ0) is 17.5. The molecule has 0 unspecified atom stereocenters. The zero-order valence-corrected chi connectivity index (χ0v) is 14.9. The molecule has 1 fully saturated rings. The average molecular weight is 342 g/mol. The number of ether oxygens (including phenoxy) is 1. The van der Waals surface area contributed by atoms with Crippen molar-refractivity contribution in [2.45, 2.75) is 18.9 Å². The Morgan fingerprint density at radius 1 is 1.28 bits per heavy atom. The minimum absolute atomic E-state index is 0.266. The molecule has 7 heteroatoms. The Morgan fingerprint density at radius 2 is 2.20 bits per heavy atom. The predicted octanol–water partition coefficient (Wildman–Crippen LogP) is 2.10. The van der Waals surface area contributed by atoms with E-state index in [9.17, 15) is 0 Å². The Balaban J connectivity index is 1.75. The van der Waals surface area contributed by atoms with Crippen LogP contribution in [-0.2, 0) is 4.74 Å². The first-order valence-electron chi connectivity index (χ1n) is 8.74. The summed E-state index contributed by atoms with van der Waals surface area (Å²) >= 11 is 0. The number of aromatic nitrogens is 3. The second-order valence-electron chi connectivity index (χ2n) is 6.45. The van der Waals surface area contributed by atoms with Crippen LogP contribution < -0.4 is 10.6 Å². The van der Waals surface area contributed by atoms with E-state index in [1.807, 2.05) is 38.5 Å². The van der Waals surface area contributed by atoms with Gasteiger partial charge in [-0.1, -0.05) is 0 Å². The van der Waals surface area contributed by atoms with Crippen LogP contribution in [0.2, 0.25) is 0 Å². The molecule has 1 saturated heterocycles. The predicted molar refractivity (Wildman–Crippen MR) is 99.8 cm³/mol. The van der Waals surface area contributed by atoms with Crippen molar-refractivity contribution in [3.05, 3.63) is 30.6 Å². The Kier molecular flexibility index (Phi) is 6.14. The van der Waals surface area contributed by atoms with Crippen LogP contribution in [0.4, 0.5) is 11.8 Å². The van der Waals surface area contributed by atoms with E-state index in [1.54, 1.807) is 6.20 Å². The number of pyridine rings is 1. The van der Waals surface area contributed by atoms with Crippen molar-refractivity contribution in [2.75, 3.05) is 51.0 Å². The van der Waals surface area contributed by atoms with Crippen LogP contribution in [0.3, 0.4) is 0 Å². The summed E-state index contributed by atoms with van der Waals surface area (Å²) in [6.07, 6.45) is 6.07. The SMILES string of the molecule is CN(C)CCNc1nc(NC[C@H]2CCCO2)cc(-c2cccnc2)n1. The van der Waals surface area contributed by atoms with Crippen molar-refractivity contribution in [3.63, 3.8) is 0 Å². The van der Waals surface area contributed by atoms with Gasteiger partial charge in [0, 0.05) is 50.3 Å². The molecule has 1 atom stereocenters. The summed E-state index contributed by atoms with van der Waals surface area (Å²) in [5, 5.41) is 6.69. The monoisotopic (exact) mass is 342 g/mol. The summed E-state index contributed by atoms with van der Waals surface area (Å²) in [7, 11) is 4.09. The summed E-state index contributed by atoms with van der Waals surface area (Å²) in [4.78, 5) is 15.5. The Morgan fingerprint density at radius 3 is 2.92 bits per heavy atom. The Labute approximate surface area is 148 Å². The van der Waals surface area contributed by atoms with E-state index in [1.165, 1.54) is 0 Å². The molecule has 0 spiro atoms. The van der Waals surface area contributed by atoms with Crippen LogP contribution in [0, 0.1) is 0 Å². The fourth-order valence-corrected chi connectivity index (χ4v) is 2.69. The molecule has 0 aliphatic carbocycles. The normalized spacial score (nSPS) is 17.0. The van der Waals surface area contributed by atoms with Gasteiger partial charge in [0.15, 0.2) is 0 Å². The largest absolute Gasteiger partial charge is 0.376 e. The molecule has 1 aliphatic heterocycles. The first-order valence-corrected chi connectivity index (χ1v) is 8.74. The second-order valence-corrected chi connectivity index (χ2v) is 6.45. The molecule has 3 heterocycles.